The molecular weight excluding hydrogens is 356 g/mol. The number of fused-ring (bicyclic) bond motifs is 3. The monoisotopic (exact) mass is 374 g/mol. The number of para-hydroxylation sites is 1. The van der Waals surface area contributed by atoms with Gasteiger partial charge in [0.05, 0.1) is 11.1 Å². The molecule has 28 heavy (non-hydrogen) atoms. The highest BCUT2D eigenvalue weighted by Crippen LogP contribution is 2.24. The van der Waals surface area contributed by atoms with Gasteiger partial charge in [-0.25, -0.2) is 19.9 Å². The van der Waals surface area contributed by atoms with E-state index in [0.717, 1.165) is 30.2 Å². The lowest BCUT2D eigenvalue weighted by atomic mass is 10.1. The molecule has 1 fully saturated rings. The van der Waals surface area contributed by atoms with Crippen LogP contribution in [0.3, 0.4) is 0 Å². The van der Waals surface area contributed by atoms with E-state index in [1.807, 2.05) is 24.3 Å². The summed E-state index contributed by atoms with van der Waals surface area (Å²) in [5.41, 5.74) is 2.17. The number of nitrogens with one attached hydrogen (secondary N) is 2. The summed E-state index contributed by atoms with van der Waals surface area (Å²) in [7, 11) is 0. The standard InChI is InChI=1S/C19H18N8O/c28-18-15(7-3-4-8-22-18)24-19-23-14-6-2-1-5-13(14)17-25-16(26-27(17)19)12-9-20-11-21-10-12/h1-2,5-6,9-11,15H,3-4,7-8H2,(H,22,28)(H,23,24)/t15-/m1/s1. The highest BCUT2D eigenvalue weighted by molar-refractivity contribution is 5.93. The Morgan fingerprint density at radius 2 is 1.96 bits per heavy atom. The van der Waals surface area contributed by atoms with E-state index in [1.165, 1.54) is 6.33 Å². The molecule has 9 heteroatoms. The molecule has 1 atom stereocenters. The highest BCUT2D eigenvalue weighted by atomic mass is 16.2. The van der Waals surface area contributed by atoms with Crippen LogP contribution in [0, 0.1) is 0 Å². The van der Waals surface area contributed by atoms with Crippen LogP contribution in [0.25, 0.3) is 27.9 Å². The molecule has 0 spiro atoms. The molecule has 4 heterocycles. The lowest BCUT2D eigenvalue weighted by molar-refractivity contribution is -0.121. The second kappa shape index (κ2) is 6.84. The molecule has 140 valence electrons. The quantitative estimate of drug-likeness (QED) is 0.563. The molecule has 1 amide bonds. The molecule has 0 radical (unpaired) electrons. The van der Waals surface area contributed by atoms with Crippen LogP contribution in [-0.4, -0.2) is 48.0 Å². The zero-order valence-corrected chi connectivity index (χ0v) is 15.0. The number of hydrogen-bond donors (Lipinski definition) is 2. The van der Waals surface area contributed by atoms with Crippen LogP contribution < -0.4 is 10.6 Å². The Morgan fingerprint density at radius 3 is 2.86 bits per heavy atom. The Hall–Kier alpha value is -3.62. The van der Waals surface area contributed by atoms with Crippen molar-refractivity contribution in [1.29, 1.82) is 0 Å². The summed E-state index contributed by atoms with van der Waals surface area (Å²) in [5, 5.41) is 11.7. The number of aromatic nitrogens is 6. The minimum absolute atomic E-state index is 0.0163. The molecule has 5 rings (SSSR count). The second-order valence-electron chi connectivity index (χ2n) is 6.73. The number of rotatable bonds is 3. The van der Waals surface area contributed by atoms with Gasteiger partial charge in [-0.05, 0) is 31.4 Å². The third kappa shape index (κ3) is 2.90. The smallest absolute Gasteiger partial charge is 0.242 e. The normalized spacial score (nSPS) is 17.4. The summed E-state index contributed by atoms with van der Waals surface area (Å²) in [6, 6.07) is 7.39. The van der Waals surface area contributed by atoms with Gasteiger partial charge in [0.1, 0.15) is 12.4 Å². The van der Waals surface area contributed by atoms with Crippen LogP contribution in [-0.2, 0) is 4.79 Å². The fourth-order valence-electron chi connectivity index (χ4n) is 3.42. The van der Waals surface area contributed by atoms with Crippen molar-refractivity contribution in [2.45, 2.75) is 25.3 Å². The van der Waals surface area contributed by atoms with E-state index >= 15 is 0 Å². The van der Waals surface area contributed by atoms with Crippen LogP contribution >= 0.6 is 0 Å². The van der Waals surface area contributed by atoms with Crippen molar-refractivity contribution in [3.63, 3.8) is 0 Å². The molecule has 1 aliphatic rings. The second-order valence-corrected chi connectivity index (χ2v) is 6.73. The van der Waals surface area contributed by atoms with Gasteiger partial charge in [0, 0.05) is 24.3 Å². The van der Waals surface area contributed by atoms with E-state index in [2.05, 4.69) is 25.7 Å². The third-order valence-electron chi connectivity index (χ3n) is 4.84. The number of amides is 1. The maximum Gasteiger partial charge on any atom is 0.242 e. The van der Waals surface area contributed by atoms with Crippen molar-refractivity contribution in [3.8, 4) is 11.4 Å². The number of hydrogen-bond acceptors (Lipinski definition) is 7. The Balaban J connectivity index is 1.66. The van der Waals surface area contributed by atoms with Gasteiger partial charge in [0.15, 0.2) is 11.5 Å². The van der Waals surface area contributed by atoms with Crippen LogP contribution in [0.2, 0.25) is 0 Å². The molecule has 1 aromatic carbocycles. The van der Waals surface area contributed by atoms with Crippen molar-refractivity contribution in [3.05, 3.63) is 43.0 Å². The van der Waals surface area contributed by atoms with E-state index in [9.17, 15) is 4.79 Å². The predicted octanol–water partition coefficient (Wildman–Crippen LogP) is 1.82. The van der Waals surface area contributed by atoms with Crippen molar-refractivity contribution in [2.75, 3.05) is 11.9 Å². The Morgan fingerprint density at radius 1 is 1.11 bits per heavy atom. The maximum absolute atomic E-state index is 12.4. The molecule has 9 nitrogen and oxygen atoms in total. The van der Waals surface area contributed by atoms with Gasteiger partial charge in [-0.15, -0.1) is 5.10 Å². The Labute approximate surface area is 160 Å². The Kier molecular flexibility index (Phi) is 4.04. The number of nitrogens with zero attached hydrogens (tertiary/aromatic N) is 6. The molecule has 3 aromatic heterocycles. The van der Waals surface area contributed by atoms with Gasteiger partial charge in [-0.2, -0.15) is 4.52 Å². The SMILES string of the molecule is O=C1NCCCC[C@H]1Nc1nc2ccccc2c2nc(-c3cncnc3)nn12. The lowest BCUT2D eigenvalue weighted by Crippen LogP contribution is -2.38. The predicted molar refractivity (Wildman–Crippen MR) is 104 cm³/mol. The summed E-state index contributed by atoms with van der Waals surface area (Å²) in [6.45, 7) is 0.707. The van der Waals surface area contributed by atoms with Gasteiger partial charge in [-0.3, -0.25) is 4.79 Å². The number of benzene rings is 1. The van der Waals surface area contributed by atoms with Gasteiger partial charge in [-0.1, -0.05) is 12.1 Å². The minimum atomic E-state index is -0.355. The van der Waals surface area contributed by atoms with Crippen molar-refractivity contribution in [1.82, 2.24) is 34.9 Å². The zero-order chi connectivity index (χ0) is 18.9. The number of carbonyl (C=O) groups is 1. The number of anilines is 1. The fraction of sp³-hybridized carbons (Fsp3) is 0.263. The Bertz CT molecular complexity index is 1160. The molecule has 2 N–H and O–H groups in total. The van der Waals surface area contributed by atoms with Crippen LogP contribution in [0.1, 0.15) is 19.3 Å². The number of carbonyl (C=O) groups excluding carboxylic acids is 1. The van der Waals surface area contributed by atoms with Crippen LogP contribution in [0.4, 0.5) is 5.95 Å². The average Bonchev–Trinajstić information content (AvgIpc) is 3.09. The first-order valence-electron chi connectivity index (χ1n) is 9.25. The van der Waals surface area contributed by atoms with Crippen LogP contribution in [0.5, 0.6) is 0 Å². The highest BCUT2D eigenvalue weighted by Gasteiger charge is 2.23. The van der Waals surface area contributed by atoms with Crippen molar-refractivity contribution in [2.24, 2.45) is 0 Å². The molecule has 0 saturated carbocycles. The molecule has 1 saturated heterocycles. The first-order valence-corrected chi connectivity index (χ1v) is 9.25. The van der Waals surface area contributed by atoms with Gasteiger partial charge in [0.2, 0.25) is 11.9 Å². The largest absolute Gasteiger partial charge is 0.354 e. The summed E-state index contributed by atoms with van der Waals surface area (Å²) in [6.07, 6.45) is 7.50. The van der Waals surface area contributed by atoms with Gasteiger partial charge >= 0.3 is 0 Å². The summed E-state index contributed by atoms with van der Waals surface area (Å²) in [4.78, 5) is 29.9. The zero-order valence-electron chi connectivity index (χ0n) is 15.0. The molecule has 4 aromatic rings. The first kappa shape index (κ1) is 16.5. The van der Waals surface area contributed by atoms with E-state index in [1.54, 1.807) is 16.9 Å². The molecule has 0 aliphatic carbocycles. The van der Waals surface area contributed by atoms with Gasteiger partial charge in [0.25, 0.3) is 0 Å². The molecular formula is C19H18N8O. The van der Waals surface area contributed by atoms with Crippen molar-refractivity contribution >= 4 is 28.4 Å². The topological polar surface area (TPSA) is 110 Å². The van der Waals surface area contributed by atoms with E-state index in [4.69, 9.17) is 9.97 Å². The fourth-order valence-corrected chi connectivity index (χ4v) is 3.42. The summed E-state index contributed by atoms with van der Waals surface area (Å²) < 4.78 is 1.66. The third-order valence-corrected chi connectivity index (χ3v) is 4.84. The summed E-state index contributed by atoms with van der Waals surface area (Å²) in [5.74, 6) is 0.982. The van der Waals surface area contributed by atoms with Gasteiger partial charge < -0.3 is 10.6 Å². The lowest BCUT2D eigenvalue weighted by Gasteiger charge is -2.16. The van der Waals surface area contributed by atoms with Crippen LogP contribution in [0.15, 0.2) is 43.0 Å². The van der Waals surface area contributed by atoms with Crippen molar-refractivity contribution < 1.29 is 4.79 Å². The molecule has 0 unspecified atom stereocenters. The maximum atomic E-state index is 12.4. The molecule has 0 bridgehead atoms. The van der Waals surface area contributed by atoms with E-state index < -0.39 is 0 Å². The minimum Gasteiger partial charge on any atom is -0.354 e. The average molecular weight is 374 g/mol. The summed E-state index contributed by atoms with van der Waals surface area (Å²) >= 11 is 0. The molecule has 1 aliphatic heterocycles. The van der Waals surface area contributed by atoms with E-state index in [0.29, 0.717) is 29.5 Å². The first-order chi connectivity index (χ1) is 13.8. The van der Waals surface area contributed by atoms with E-state index in [-0.39, 0.29) is 11.9 Å².